The summed E-state index contributed by atoms with van der Waals surface area (Å²) < 4.78 is 5.36. The lowest BCUT2D eigenvalue weighted by Gasteiger charge is -2.15. The maximum atomic E-state index is 11.8. The third-order valence-corrected chi connectivity index (χ3v) is 3.73. The maximum absolute atomic E-state index is 11.8. The minimum absolute atomic E-state index is 0.0553. The SMILES string of the molecule is CC(=O)c1cccc(OCC(=O)NCCC(=O)N2CCCC2)c1. The van der Waals surface area contributed by atoms with E-state index in [0.717, 1.165) is 25.9 Å². The number of ether oxygens (including phenoxy) is 1. The summed E-state index contributed by atoms with van der Waals surface area (Å²) in [5.74, 6) is 0.214. The first-order valence-electron chi connectivity index (χ1n) is 7.84. The number of hydrogen-bond donors (Lipinski definition) is 1. The summed E-state index contributed by atoms with van der Waals surface area (Å²) in [4.78, 5) is 36.6. The van der Waals surface area contributed by atoms with E-state index in [0.29, 0.717) is 24.3 Å². The highest BCUT2D eigenvalue weighted by Crippen LogP contribution is 2.13. The molecule has 1 aliphatic heterocycles. The first kappa shape index (κ1) is 17.0. The number of rotatable bonds is 7. The molecule has 0 aromatic heterocycles. The predicted octanol–water partition coefficient (Wildman–Crippen LogP) is 1.40. The first-order valence-corrected chi connectivity index (χ1v) is 7.84. The van der Waals surface area contributed by atoms with Gasteiger partial charge < -0.3 is 15.0 Å². The lowest BCUT2D eigenvalue weighted by molar-refractivity contribution is -0.130. The maximum Gasteiger partial charge on any atom is 0.257 e. The van der Waals surface area contributed by atoms with Crippen molar-refractivity contribution in [2.45, 2.75) is 26.2 Å². The van der Waals surface area contributed by atoms with Crippen LogP contribution in [0.15, 0.2) is 24.3 Å². The summed E-state index contributed by atoms with van der Waals surface area (Å²) in [6, 6.07) is 6.70. The predicted molar refractivity (Wildman–Crippen MR) is 85.4 cm³/mol. The van der Waals surface area contributed by atoms with Crippen LogP contribution in [0.1, 0.15) is 36.5 Å². The van der Waals surface area contributed by atoms with Crippen LogP contribution in [0.3, 0.4) is 0 Å². The standard InChI is InChI=1S/C17H22N2O4/c1-13(20)14-5-4-6-15(11-14)23-12-16(21)18-8-7-17(22)19-9-2-3-10-19/h4-6,11H,2-3,7-10,12H2,1H3,(H,18,21). The van der Waals surface area contributed by atoms with Gasteiger partial charge in [0.2, 0.25) is 5.91 Å². The number of Topliss-reactive ketones (excluding diaryl/α,β-unsaturated/α-hetero) is 1. The molecule has 6 heteroatoms. The smallest absolute Gasteiger partial charge is 0.257 e. The lowest BCUT2D eigenvalue weighted by Crippen LogP contribution is -2.34. The largest absolute Gasteiger partial charge is 0.484 e. The van der Waals surface area contributed by atoms with Gasteiger partial charge in [0.15, 0.2) is 12.4 Å². The van der Waals surface area contributed by atoms with E-state index in [1.165, 1.54) is 6.92 Å². The number of ketones is 1. The number of nitrogens with one attached hydrogen (secondary N) is 1. The van der Waals surface area contributed by atoms with Crippen LogP contribution >= 0.6 is 0 Å². The molecule has 0 unspecified atom stereocenters. The van der Waals surface area contributed by atoms with E-state index >= 15 is 0 Å². The normalized spacial score (nSPS) is 13.7. The van der Waals surface area contributed by atoms with Crippen LogP contribution in [0.2, 0.25) is 0 Å². The third kappa shape index (κ3) is 5.39. The van der Waals surface area contributed by atoms with Gasteiger partial charge in [0, 0.05) is 31.6 Å². The fraction of sp³-hybridized carbons (Fsp3) is 0.471. The minimum atomic E-state index is -0.285. The second-order valence-electron chi connectivity index (χ2n) is 5.56. The van der Waals surface area contributed by atoms with Crippen LogP contribution in [-0.2, 0) is 9.59 Å². The molecule has 1 fully saturated rings. The Morgan fingerprint density at radius 2 is 1.96 bits per heavy atom. The highest BCUT2D eigenvalue weighted by atomic mass is 16.5. The zero-order valence-electron chi connectivity index (χ0n) is 13.3. The summed E-state index contributed by atoms with van der Waals surface area (Å²) in [5, 5.41) is 2.67. The van der Waals surface area contributed by atoms with Crippen LogP contribution in [0, 0.1) is 0 Å². The summed E-state index contributed by atoms with van der Waals surface area (Å²) in [6.07, 6.45) is 2.43. The molecule has 1 N–H and O–H groups in total. The molecule has 124 valence electrons. The Labute approximate surface area is 135 Å². The van der Waals surface area contributed by atoms with Crippen LogP contribution in [0.4, 0.5) is 0 Å². The molecular formula is C17H22N2O4. The van der Waals surface area contributed by atoms with Gasteiger partial charge in [0.25, 0.3) is 5.91 Å². The molecule has 1 heterocycles. The van der Waals surface area contributed by atoms with E-state index < -0.39 is 0 Å². The number of benzene rings is 1. The third-order valence-electron chi connectivity index (χ3n) is 3.73. The van der Waals surface area contributed by atoms with Crippen LogP contribution in [0.25, 0.3) is 0 Å². The summed E-state index contributed by atoms with van der Waals surface area (Å²) in [5.41, 5.74) is 0.541. The molecule has 0 spiro atoms. The van der Waals surface area contributed by atoms with Crippen LogP contribution < -0.4 is 10.1 Å². The number of carbonyl (C=O) groups excluding carboxylic acids is 3. The molecule has 23 heavy (non-hydrogen) atoms. The second-order valence-corrected chi connectivity index (χ2v) is 5.56. The average Bonchev–Trinajstić information content (AvgIpc) is 3.07. The van der Waals surface area contributed by atoms with Gasteiger partial charge in [0.1, 0.15) is 5.75 Å². The van der Waals surface area contributed by atoms with Crippen molar-refractivity contribution in [3.8, 4) is 5.75 Å². The van der Waals surface area contributed by atoms with Gasteiger partial charge in [-0.2, -0.15) is 0 Å². The molecule has 1 saturated heterocycles. The van der Waals surface area contributed by atoms with Gasteiger partial charge in [-0.1, -0.05) is 12.1 Å². The van der Waals surface area contributed by atoms with Gasteiger partial charge in [-0.05, 0) is 31.9 Å². The van der Waals surface area contributed by atoms with Gasteiger partial charge in [-0.15, -0.1) is 0 Å². The van der Waals surface area contributed by atoms with Gasteiger partial charge in [-0.25, -0.2) is 0 Å². The van der Waals surface area contributed by atoms with Crippen molar-refractivity contribution in [1.82, 2.24) is 10.2 Å². The number of likely N-dealkylation sites (tertiary alicyclic amines) is 1. The molecule has 0 atom stereocenters. The van der Waals surface area contributed by atoms with Crippen molar-refractivity contribution >= 4 is 17.6 Å². The molecule has 0 radical (unpaired) electrons. The van der Waals surface area contributed by atoms with Crippen molar-refractivity contribution < 1.29 is 19.1 Å². The Bertz CT molecular complexity index is 580. The van der Waals surface area contributed by atoms with Crippen molar-refractivity contribution in [2.75, 3.05) is 26.2 Å². The van der Waals surface area contributed by atoms with E-state index in [4.69, 9.17) is 4.74 Å². The van der Waals surface area contributed by atoms with E-state index in [1.807, 2.05) is 4.90 Å². The molecule has 0 saturated carbocycles. The highest BCUT2D eigenvalue weighted by molar-refractivity contribution is 5.94. The number of hydrogen-bond acceptors (Lipinski definition) is 4. The summed E-state index contributed by atoms with van der Waals surface area (Å²) >= 11 is 0. The number of carbonyl (C=O) groups is 3. The van der Waals surface area contributed by atoms with E-state index in [9.17, 15) is 14.4 Å². The Hall–Kier alpha value is -2.37. The topological polar surface area (TPSA) is 75.7 Å². The zero-order chi connectivity index (χ0) is 16.7. The van der Waals surface area contributed by atoms with E-state index in [1.54, 1.807) is 24.3 Å². The van der Waals surface area contributed by atoms with E-state index in [2.05, 4.69) is 5.32 Å². The second kappa shape index (κ2) is 8.31. The summed E-state index contributed by atoms with van der Waals surface area (Å²) in [7, 11) is 0. The highest BCUT2D eigenvalue weighted by Gasteiger charge is 2.17. The van der Waals surface area contributed by atoms with Crippen molar-refractivity contribution in [2.24, 2.45) is 0 Å². The number of amides is 2. The first-order chi connectivity index (χ1) is 11.1. The molecule has 1 aromatic carbocycles. The quantitative estimate of drug-likeness (QED) is 0.771. The minimum Gasteiger partial charge on any atom is -0.484 e. The summed E-state index contributed by atoms with van der Waals surface area (Å²) in [6.45, 7) is 3.29. The van der Waals surface area contributed by atoms with E-state index in [-0.39, 0.29) is 24.2 Å². The molecule has 2 rings (SSSR count). The Morgan fingerprint density at radius 3 is 2.65 bits per heavy atom. The Kier molecular flexibility index (Phi) is 6.14. The van der Waals surface area contributed by atoms with Crippen LogP contribution in [0.5, 0.6) is 5.75 Å². The fourth-order valence-electron chi connectivity index (χ4n) is 2.44. The fourth-order valence-corrected chi connectivity index (χ4v) is 2.44. The van der Waals surface area contributed by atoms with Gasteiger partial charge in [0.05, 0.1) is 0 Å². The Morgan fingerprint density at radius 1 is 1.22 bits per heavy atom. The number of nitrogens with zero attached hydrogens (tertiary/aromatic N) is 1. The molecule has 0 bridgehead atoms. The van der Waals surface area contributed by atoms with Gasteiger partial charge >= 0.3 is 0 Å². The molecular weight excluding hydrogens is 296 g/mol. The molecule has 0 aliphatic carbocycles. The van der Waals surface area contributed by atoms with Crippen LogP contribution in [-0.4, -0.2) is 48.7 Å². The molecule has 1 aromatic rings. The Balaban J connectivity index is 1.67. The molecule has 1 aliphatic rings. The molecule has 6 nitrogen and oxygen atoms in total. The van der Waals surface area contributed by atoms with Gasteiger partial charge in [-0.3, -0.25) is 14.4 Å². The lowest BCUT2D eigenvalue weighted by atomic mass is 10.1. The average molecular weight is 318 g/mol. The van der Waals surface area contributed by atoms with Crippen molar-refractivity contribution in [3.05, 3.63) is 29.8 Å². The van der Waals surface area contributed by atoms with Crippen molar-refractivity contribution in [3.63, 3.8) is 0 Å². The van der Waals surface area contributed by atoms with Crippen molar-refractivity contribution in [1.29, 1.82) is 0 Å². The zero-order valence-corrected chi connectivity index (χ0v) is 13.3. The molecule has 2 amide bonds. The monoisotopic (exact) mass is 318 g/mol.